The highest BCUT2D eigenvalue weighted by atomic mass is 79.9. The van der Waals surface area contributed by atoms with Gasteiger partial charge in [-0.1, -0.05) is 28.1 Å². The van der Waals surface area contributed by atoms with E-state index in [0.717, 1.165) is 16.3 Å². The molecule has 2 aromatic carbocycles. The summed E-state index contributed by atoms with van der Waals surface area (Å²) in [6.45, 7) is 0.339. The van der Waals surface area contributed by atoms with Crippen LogP contribution in [0.1, 0.15) is 15.9 Å². The number of hydrogen-bond donors (Lipinski definition) is 1. The SMILES string of the molecule is CS(=O)(=O)NC(=O)c1cc(Br)c(OCc2cccc(Br)c2)c(Br)c1. The number of hydrogen-bond acceptors (Lipinski definition) is 4. The summed E-state index contributed by atoms with van der Waals surface area (Å²) in [4.78, 5) is 11.9. The monoisotopic (exact) mass is 539 g/mol. The number of amides is 1. The number of rotatable bonds is 5. The molecule has 0 aliphatic rings. The lowest BCUT2D eigenvalue weighted by molar-refractivity contribution is 0.0981. The third kappa shape index (κ3) is 5.58. The summed E-state index contributed by atoms with van der Waals surface area (Å²) in [6, 6.07) is 10.7. The standard InChI is InChI=1S/C15H12Br3NO4S/c1-24(21,22)19-15(20)10-6-12(17)14(13(18)7-10)23-8-9-3-2-4-11(16)5-9/h2-7H,8H2,1H3,(H,19,20). The molecule has 9 heteroatoms. The molecule has 0 atom stereocenters. The fourth-order valence-electron chi connectivity index (χ4n) is 1.84. The average molecular weight is 542 g/mol. The molecule has 0 fully saturated rings. The zero-order valence-corrected chi connectivity index (χ0v) is 17.9. The van der Waals surface area contributed by atoms with Gasteiger partial charge in [0.15, 0.2) is 0 Å². The Kier molecular flexibility index (Phi) is 6.46. The molecule has 0 saturated carbocycles. The van der Waals surface area contributed by atoms with Gasteiger partial charge in [0.05, 0.1) is 15.2 Å². The first-order valence-electron chi connectivity index (χ1n) is 6.54. The van der Waals surface area contributed by atoms with E-state index in [-0.39, 0.29) is 5.56 Å². The first kappa shape index (κ1) is 19.4. The van der Waals surface area contributed by atoms with Crippen LogP contribution in [0.5, 0.6) is 5.75 Å². The zero-order valence-electron chi connectivity index (χ0n) is 12.3. The molecule has 24 heavy (non-hydrogen) atoms. The van der Waals surface area contributed by atoms with Crippen LogP contribution in [0.3, 0.4) is 0 Å². The van der Waals surface area contributed by atoms with Crippen molar-refractivity contribution in [1.29, 1.82) is 0 Å². The molecule has 2 rings (SSSR count). The zero-order chi connectivity index (χ0) is 17.9. The van der Waals surface area contributed by atoms with Gasteiger partial charge in [0, 0.05) is 10.0 Å². The molecule has 0 bridgehead atoms. The van der Waals surface area contributed by atoms with Gasteiger partial charge in [-0.2, -0.15) is 0 Å². The fraction of sp³-hybridized carbons (Fsp3) is 0.133. The second-order valence-electron chi connectivity index (χ2n) is 4.89. The van der Waals surface area contributed by atoms with Gasteiger partial charge < -0.3 is 4.74 Å². The van der Waals surface area contributed by atoms with Crippen LogP contribution in [0.25, 0.3) is 0 Å². The Morgan fingerprint density at radius 3 is 2.29 bits per heavy atom. The summed E-state index contributed by atoms with van der Waals surface area (Å²) in [5.41, 5.74) is 1.16. The molecule has 2 aromatic rings. The molecule has 0 spiro atoms. The molecule has 1 amide bonds. The number of sulfonamides is 1. The van der Waals surface area contributed by atoms with Gasteiger partial charge >= 0.3 is 0 Å². The third-order valence-corrected chi connectivity index (χ3v) is 5.04. The first-order valence-corrected chi connectivity index (χ1v) is 10.8. The Balaban J connectivity index is 2.19. The summed E-state index contributed by atoms with van der Waals surface area (Å²) in [6.07, 6.45) is 0.921. The topological polar surface area (TPSA) is 72.5 Å². The Morgan fingerprint density at radius 1 is 1.12 bits per heavy atom. The van der Waals surface area contributed by atoms with Crippen LogP contribution in [0.15, 0.2) is 49.8 Å². The maximum Gasteiger partial charge on any atom is 0.264 e. The maximum atomic E-state index is 11.9. The second kappa shape index (κ2) is 7.99. The van der Waals surface area contributed by atoms with Crippen molar-refractivity contribution < 1.29 is 17.9 Å². The molecule has 0 aliphatic heterocycles. The van der Waals surface area contributed by atoms with E-state index in [9.17, 15) is 13.2 Å². The van der Waals surface area contributed by atoms with Gasteiger partial charge in [-0.15, -0.1) is 0 Å². The van der Waals surface area contributed by atoms with Gasteiger partial charge in [-0.05, 0) is 61.7 Å². The first-order chi connectivity index (χ1) is 11.2. The van der Waals surface area contributed by atoms with E-state index in [4.69, 9.17) is 4.74 Å². The highest BCUT2D eigenvalue weighted by Crippen LogP contribution is 2.35. The van der Waals surface area contributed by atoms with Crippen LogP contribution in [-0.2, 0) is 16.6 Å². The maximum absolute atomic E-state index is 11.9. The van der Waals surface area contributed by atoms with Crippen LogP contribution in [0, 0.1) is 0 Å². The van der Waals surface area contributed by atoms with Crippen LogP contribution in [0.2, 0.25) is 0 Å². The number of ether oxygens (including phenoxy) is 1. The van der Waals surface area contributed by atoms with Crippen LogP contribution >= 0.6 is 47.8 Å². The molecule has 1 N–H and O–H groups in total. The quantitative estimate of drug-likeness (QED) is 0.614. The fourth-order valence-corrected chi connectivity index (χ4v) is 4.16. The van der Waals surface area contributed by atoms with E-state index in [1.54, 1.807) is 0 Å². The summed E-state index contributed by atoms with van der Waals surface area (Å²) in [5, 5.41) is 0. The average Bonchev–Trinajstić information content (AvgIpc) is 2.44. The Bertz CT molecular complexity index is 861. The van der Waals surface area contributed by atoms with Crippen LogP contribution in [-0.4, -0.2) is 20.6 Å². The lowest BCUT2D eigenvalue weighted by Crippen LogP contribution is -2.29. The summed E-state index contributed by atoms with van der Waals surface area (Å²) >= 11 is 10.1. The number of carbonyl (C=O) groups excluding carboxylic acids is 1. The minimum absolute atomic E-state index is 0.189. The molecule has 0 saturated heterocycles. The third-order valence-electron chi connectivity index (χ3n) is 2.81. The van der Waals surface area contributed by atoms with E-state index in [0.29, 0.717) is 21.3 Å². The number of benzene rings is 2. The molecule has 0 aliphatic carbocycles. The van der Waals surface area contributed by atoms with Gasteiger partial charge in [0.2, 0.25) is 10.0 Å². The molecular formula is C15H12Br3NO4S. The van der Waals surface area contributed by atoms with Crippen molar-refractivity contribution in [2.24, 2.45) is 0 Å². The molecule has 0 unspecified atom stereocenters. The minimum Gasteiger partial charge on any atom is -0.487 e. The van der Waals surface area contributed by atoms with E-state index in [1.165, 1.54) is 12.1 Å². The largest absolute Gasteiger partial charge is 0.487 e. The van der Waals surface area contributed by atoms with Crippen molar-refractivity contribution in [3.8, 4) is 5.75 Å². The predicted molar refractivity (Wildman–Crippen MR) is 103 cm³/mol. The minimum atomic E-state index is -3.62. The normalized spacial score (nSPS) is 11.2. The Labute approximate surface area is 165 Å². The van der Waals surface area contributed by atoms with E-state index in [1.807, 2.05) is 29.0 Å². The summed E-state index contributed by atoms with van der Waals surface area (Å²) in [7, 11) is -3.62. The predicted octanol–water partition coefficient (Wildman–Crippen LogP) is 4.24. The molecular weight excluding hydrogens is 530 g/mol. The molecule has 128 valence electrons. The second-order valence-corrected chi connectivity index (χ2v) is 9.26. The van der Waals surface area contributed by atoms with E-state index < -0.39 is 15.9 Å². The van der Waals surface area contributed by atoms with Gasteiger partial charge in [-0.25, -0.2) is 13.1 Å². The molecule has 5 nitrogen and oxygen atoms in total. The van der Waals surface area contributed by atoms with Crippen LogP contribution in [0.4, 0.5) is 0 Å². The Hall–Kier alpha value is -0.900. The van der Waals surface area contributed by atoms with Crippen molar-refractivity contribution in [2.75, 3.05) is 6.26 Å². The summed E-state index contributed by atoms with van der Waals surface area (Å²) < 4.78 is 32.0. The van der Waals surface area contributed by atoms with Crippen molar-refractivity contribution in [1.82, 2.24) is 4.72 Å². The lowest BCUT2D eigenvalue weighted by atomic mass is 10.2. The van der Waals surface area contributed by atoms with Crippen LogP contribution < -0.4 is 9.46 Å². The highest BCUT2D eigenvalue weighted by Gasteiger charge is 2.16. The van der Waals surface area contributed by atoms with Crippen molar-refractivity contribution in [3.05, 3.63) is 60.9 Å². The highest BCUT2D eigenvalue weighted by molar-refractivity contribution is 9.11. The molecule has 0 radical (unpaired) electrons. The Morgan fingerprint density at radius 2 is 1.75 bits per heavy atom. The number of carbonyl (C=O) groups is 1. The van der Waals surface area contributed by atoms with Gasteiger partial charge in [0.25, 0.3) is 5.91 Å². The molecule has 0 heterocycles. The lowest BCUT2D eigenvalue weighted by Gasteiger charge is -2.12. The number of halogens is 3. The van der Waals surface area contributed by atoms with E-state index >= 15 is 0 Å². The summed E-state index contributed by atoms with van der Waals surface area (Å²) in [5.74, 6) is -0.191. The van der Waals surface area contributed by atoms with Gasteiger partial charge in [-0.3, -0.25) is 4.79 Å². The molecule has 0 aromatic heterocycles. The van der Waals surface area contributed by atoms with E-state index in [2.05, 4.69) is 47.8 Å². The number of nitrogens with one attached hydrogen (secondary N) is 1. The van der Waals surface area contributed by atoms with Crippen molar-refractivity contribution >= 4 is 63.7 Å². The van der Waals surface area contributed by atoms with Crippen molar-refractivity contribution in [3.63, 3.8) is 0 Å². The van der Waals surface area contributed by atoms with Gasteiger partial charge in [0.1, 0.15) is 12.4 Å². The smallest absolute Gasteiger partial charge is 0.264 e. The van der Waals surface area contributed by atoms with Crippen molar-refractivity contribution in [2.45, 2.75) is 6.61 Å².